The molecule has 2 atom stereocenters. The van der Waals surface area contributed by atoms with Crippen molar-refractivity contribution in [2.75, 3.05) is 18.9 Å². The second-order valence-corrected chi connectivity index (χ2v) is 10.9. The standard InChI is InChI=1S/C22H19Cl5N2O2/c1-29(10-11-2-3-11)21(31)16-9-15(4-5-17(16)25)28-20(30)19-18(22(19,26)27)12-6-13(23)8-14(24)7-12/h4-9,11,18-19H,2-3,10H2,1H3,(H,28,30)/t18-,19+/m1/s1. The summed E-state index contributed by atoms with van der Waals surface area (Å²) in [5.74, 6) is -1.14. The molecule has 0 heterocycles. The second kappa shape index (κ2) is 8.64. The van der Waals surface area contributed by atoms with Crippen molar-refractivity contribution < 1.29 is 9.59 Å². The van der Waals surface area contributed by atoms with Crippen LogP contribution < -0.4 is 5.32 Å². The molecule has 2 aromatic rings. The van der Waals surface area contributed by atoms with Gasteiger partial charge < -0.3 is 10.2 Å². The van der Waals surface area contributed by atoms with Crippen molar-refractivity contribution in [1.29, 1.82) is 0 Å². The third-order valence-corrected chi connectivity index (χ3v) is 7.33. The summed E-state index contributed by atoms with van der Waals surface area (Å²) in [4.78, 5) is 27.4. The summed E-state index contributed by atoms with van der Waals surface area (Å²) >= 11 is 31.2. The maximum Gasteiger partial charge on any atom is 0.255 e. The van der Waals surface area contributed by atoms with E-state index in [-0.39, 0.29) is 11.8 Å². The van der Waals surface area contributed by atoms with Crippen molar-refractivity contribution >= 4 is 75.5 Å². The summed E-state index contributed by atoms with van der Waals surface area (Å²) in [6.45, 7) is 0.693. The Kier molecular flexibility index (Phi) is 6.41. The van der Waals surface area contributed by atoms with E-state index in [1.807, 2.05) is 0 Å². The minimum absolute atomic E-state index is 0.185. The van der Waals surface area contributed by atoms with E-state index < -0.39 is 16.2 Å². The predicted octanol–water partition coefficient (Wildman–Crippen LogP) is 6.65. The van der Waals surface area contributed by atoms with Crippen molar-refractivity contribution in [2.24, 2.45) is 11.8 Å². The molecular formula is C22H19Cl5N2O2. The van der Waals surface area contributed by atoms with Crippen LogP contribution in [0.15, 0.2) is 36.4 Å². The lowest BCUT2D eigenvalue weighted by Gasteiger charge is -2.18. The van der Waals surface area contributed by atoms with Crippen molar-refractivity contribution in [3.8, 4) is 0 Å². The highest BCUT2D eigenvalue weighted by Gasteiger charge is 2.67. The zero-order valence-electron chi connectivity index (χ0n) is 16.5. The summed E-state index contributed by atoms with van der Waals surface area (Å²) in [7, 11) is 1.75. The molecule has 164 valence electrons. The lowest BCUT2D eigenvalue weighted by Crippen LogP contribution is -2.29. The minimum Gasteiger partial charge on any atom is -0.341 e. The fraction of sp³-hybridized carbons (Fsp3) is 0.364. The predicted molar refractivity (Wildman–Crippen MR) is 127 cm³/mol. The lowest BCUT2D eigenvalue weighted by molar-refractivity contribution is -0.117. The molecule has 0 unspecified atom stereocenters. The molecule has 31 heavy (non-hydrogen) atoms. The molecule has 2 aliphatic carbocycles. The highest BCUT2D eigenvalue weighted by Crippen LogP contribution is 2.65. The van der Waals surface area contributed by atoms with Crippen molar-refractivity contribution in [3.63, 3.8) is 0 Å². The number of carbonyl (C=O) groups is 2. The van der Waals surface area contributed by atoms with Gasteiger partial charge in [-0.2, -0.15) is 0 Å². The van der Waals surface area contributed by atoms with Crippen LogP contribution in [0.1, 0.15) is 34.7 Å². The van der Waals surface area contributed by atoms with Crippen LogP contribution in [0.2, 0.25) is 15.1 Å². The number of nitrogens with zero attached hydrogens (tertiary/aromatic N) is 1. The molecule has 2 fully saturated rings. The van der Waals surface area contributed by atoms with Crippen molar-refractivity contribution in [1.82, 2.24) is 4.90 Å². The van der Waals surface area contributed by atoms with Gasteiger partial charge in [0.1, 0.15) is 4.33 Å². The van der Waals surface area contributed by atoms with Gasteiger partial charge in [0.25, 0.3) is 5.91 Å². The largest absolute Gasteiger partial charge is 0.341 e. The minimum atomic E-state index is -1.28. The molecule has 2 aromatic carbocycles. The van der Waals surface area contributed by atoms with E-state index in [4.69, 9.17) is 58.0 Å². The molecule has 4 nitrogen and oxygen atoms in total. The molecule has 0 aliphatic heterocycles. The molecule has 9 heteroatoms. The van der Waals surface area contributed by atoms with Gasteiger partial charge >= 0.3 is 0 Å². The first-order valence-corrected chi connectivity index (χ1v) is 11.7. The number of carbonyl (C=O) groups excluding carboxylic acids is 2. The maximum atomic E-state index is 12.9. The molecule has 0 radical (unpaired) electrons. The Morgan fingerprint density at radius 1 is 1.06 bits per heavy atom. The zero-order chi connectivity index (χ0) is 22.5. The van der Waals surface area contributed by atoms with Gasteiger partial charge in [-0.1, -0.05) is 34.8 Å². The molecular weight excluding hydrogens is 502 g/mol. The molecule has 1 N–H and O–H groups in total. The highest BCUT2D eigenvalue weighted by molar-refractivity contribution is 6.53. The number of halogens is 5. The van der Waals surface area contributed by atoms with Gasteiger partial charge in [0, 0.05) is 35.2 Å². The molecule has 2 amide bonds. The Morgan fingerprint density at radius 3 is 2.32 bits per heavy atom. The van der Waals surface area contributed by atoms with Crippen LogP contribution in [0.3, 0.4) is 0 Å². The third-order valence-electron chi connectivity index (χ3n) is 5.62. The first kappa shape index (κ1) is 23.0. The summed E-state index contributed by atoms with van der Waals surface area (Å²) in [6.07, 6.45) is 2.28. The van der Waals surface area contributed by atoms with Crippen LogP contribution in [0.4, 0.5) is 5.69 Å². The summed E-state index contributed by atoms with van der Waals surface area (Å²) in [5, 5.41) is 4.00. The van der Waals surface area contributed by atoms with E-state index >= 15 is 0 Å². The first-order valence-electron chi connectivity index (χ1n) is 9.77. The van der Waals surface area contributed by atoms with Crippen LogP contribution in [0.25, 0.3) is 0 Å². The van der Waals surface area contributed by atoms with Crippen molar-refractivity contribution in [2.45, 2.75) is 23.1 Å². The van der Waals surface area contributed by atoms with E-state index in [1.165, 1.54) is 0 Å². The van der Waals surface area contributed by atoms with Crippen LogP contribution in [0.5, 0.6) is 0 Å². The number of alkyl halides is 2. The fourth-order valence-electron chi connectivity index (χ4n) is 3.79. The van der Waals surface area contributed by atoms with Crippen LogP contribution >= 0.6 is 58.0 Å². The molecule has 4 rings (SSSR count). The van der Waals surface area contributed by atoms with Crippen molar-refractivity contribution in [3.05, 3.63) is 62.6 Å². The van der Waals surface area contributed by atoms with Gasteiger partial charge in [0.05, 0.1) is 16.5 Å². The van der Waals surface area contributed by atoms with Gasteiger partial charge in [-0.15, -0.1) is 23.2 Å². The quantitative estimate of drug-likeness (QED) is 0.433. The van der Waals surface area contributed by atoms with Gasteiger partial charge in [-0.25, -0.2) is 0 Å². The Labute approximate surface area is 205 Å². The van der Waals surface area contributed by atoms with Crippen LogP contribution in [-0.4, -0.2) is 34.6 Å². The number of hydrogen-bond donors (Lipinski definition) is 1. The molecule has 0 spiro atoms. The Balaban J connectivity index is 1.50. The second-order valence-electron chi connectivity index (χ2n) is 8.15. The Bertz CT molecular complexity index is 1030. The van der Waals surface area contributed by atoms with Gasteiger partial charge in [0.2, 0.25) is 5.91 Å². The normalized spacial score (nSPS) is 21.5. The molecule has 2 saturated carbocycles. The average Bonchev–Trinajstić information content (AvgIpc) is 3.58. The number of benzene rings is 2. The van der Waals surface area contributed by atoms with E-state index in [1.54, 1.807) is 48.3 Å². The van der Waals surface area contributed by atoms with E-state index in [0.29, 0.717) is 44.3 Å². The average molecular weight is 521 g/mol. The summed E-state index contributed by atoms with van der Waals surface area (Å²) in [6, 6.07) is 9.78. The lowest BCUT2D eigenvalue weighted by atomic mass is 10.1. The van der Waals surface area contributed by atoms with Crippen LogP contribution in [-0.2, 0) is 4.79 Å². The highest BCUT2D eigenvalue weighted by atomic mass is 35.5. The molecule has 2 aliphatic rings. The number of hydrogen-bond acceptors (Lipinski definition) is 2. The van der Waals surface area contributed by atoms with E-state index in [2.05, 4.69) is 5.32 Å². The number of amides is 2. The number of rotatable bonds is 6. The molecule has 0 saturated heterocycles. The Hall–Kier alpha value is -1.17. The summed E-state index contributed by atoms with van der Waals surface area (Å²) in [5.41, 5.74) is 1.47. The maximum absolute atomic E-state index is 12.9. The topological polar surface area (TPSA) is 49.4 Å². The fourth-order valence-corrected chi connectivity index (χ4v) is 5.36. The first-order chi connectivity index (χ1) is 14.6. The van der Waals surface area contributed by atoms with E-state index in [9.17, 15) is 9.59 Å². The SMILES string of the molecule is CN(CC1CC1)C(=O)c1cc(NC(=O)[C@@H]2[C@@H](c3cc(Cl)cc(Cl)c3)C2(Cl)Cl)ccc1Cl. The van der Waals surface area contributed by atoms with Crippen LogP contribution in [0, 0.1) is 11.8 Å². The summed E-state index contributed by atoms with van der Waals surface area (Å²) < 4.78 is -1.28. The van der Waals surface area contributed by atoms with Gasteiger partial charge in [0.15, 0.2) is 0 Å². The van der Waals surface area contributed by atoms with Gasteiger partial charge in [-0.05, 0) is 60.7 Å². The number of anilines is 1. The molecule has 0 aromatic heterocycles. The monoisotopic (exact) mass is 518 g/mol. The number of nitrogens with one attached hydrogen (secondary N) is 1. The van der Waals surface area contributed by atoms with E-state index in [0.717, 1.165) is 12.8 Å². The third kappa shape index (κ3) is 4.94. The smallest absolute Gasteiger partial charge is 0.255 e. The zero-order valence-corrected chi connectivity index (χ0v) is 20.3. The Morgan fingerprint density at radius 2 is 1.71 bits per heavy atom. The van der Waals surface area contributed by atoms with Gasteiger partial charge in [-0.3, -0.25) is 9.59 Å². The molecule has 0 bridgehead atoms.